The zero-order valence-corrected chi connectivity index (χ0v) is 10.5. The molecule has 0 radical (unpaired) electrons. The summed E-state index contributed by atoms with van der Waals surface area (Å²) in [6, 6.07) is 0. The Hall–Kier alpha value is -0.490. The first-order valence-corrected chi connectivity index (χ1v) is 6.22. The number of rotatable bonds is 4. The maximum atomic E-state index is 11.6. The molecule has 0 aliphatic rings. The lowest BCUT2D eigenvalue weighted by molar-refractivity contribution is 0.0959. The molecule has 0 saturated heterocycles. The van der Waals surface area contributed by atoms with Crippen LogP contribution in [0.3, 0.4) is 0 Å². The highest BCUT2D eigenvalue weighted by molar-refractivity contribution is 9.09. The van der Waals surface area contributed by atoms with Crippen molar-refractivity contribution in [3.05, 3.63) is 10.6 Å². The first kappa shape index (κ1) is 11.6. The fourth-order valence-electron chi connectivity index (χ4n) is 0.974. The van der Waals surface area contributed by atoms with Gasteiger partial charge in [0, 0.05) is 11.9 Å². The second-order valence-corrected chi connectivity index (χ2v) is 4.63. The summed E-state index contributed by atoms with van der Waals surface area (Å²) >= 11 is 4.39. The van der Waals surface area contributed by atoms with E-state index in [4.69, 9.17) is 0 Å². The van der Waals surface area contributed by atoms with Crippen LogP contribution >= 0.6 is 27.5 Å². The van der Waals surface area contributed by atoms with Crippen LogP contribution in [0.4, 0.5) is 0 Å². The molecule has 0 spiro atoms. The van der Waals surface area contributed by atoms with E-state index in [0.29, 0.717) is 11.4 Å². The SMILES string of the molecule is CC(C)c1nnsc1C(=O)NCCBr. The number of hydrogen-bond acceptors (Lipinski definition) is 4. The van der Waals surface area contributed by atoms with Gasteiger partial charge in [-0.25, -0.2) is 0 Å². The van der Waals surface area contributed by atoms with Crippen molar-refractivity contribution in [3.8, 4) is 0 Å². The van der Waals surface area contributed by atoms with E-state index in [1.54, 1.807) is 0 Å². The summed E-state index contributed by atoms with van der Waals surface area (Å²) in [6.45, 7) is 4.62. The third-order valence-electron chi connectivity index (χ3n) is 1.65. The van der Waals surface area contributed by atoms with Gasteiger partial charge < -0.3 is 5.32 Å². The van der Waals surface area contributed by atoms with Crippen molar-refractivity contribution < 1.29 is 4.79 Å². The lowest BCUT2D eigenvalue weighted by atomic mass is 10.1. The molecular weight excluding hydrogens is 266 g/mol. The number of hydrogen-bond donors (Lipinski definition) is 1. The van der Waals surface area contributed by atoms with Crippen molar-refractivity contribution in [2.45, 2.75) is 19.8 Å². The fraction of sp³-hybridized carbons (Fsp3) is 0.625. The molecule has 1 aromatic heterocycles. The standard InChI is InChI=1S/C8H12BrN3OS/c1-5(2)6-7(14-12-11-6)8(13)10-4-3-9/h5H,3-4H2,1-2H3,(H,10,13). The molecule has 78 valence electrons. The highest BCUT2D eigenvalue weighted by atomic mass is 79.9. The molecule has 1 N–H and O–H groups in total. The number of nitrogens with zero attached hydrogens (tertiary/aromatic N) is 2. The molecule has 0 aromatic carbocycles. The minimum absolute atomic E-state index is 0.0804. The Morgan fingerprint density at radius 1 is 1.64 bits per heavy atom. The Kier molecular flexibility index (Phi) is 4.47. The average Bonchev–Trinajstić information content (AvgIpc) is 2.62. The van der Waals surface area contributed by atoms with Gasteiger partial charge in [0.15, 0.2) is 0 Å². The molecule has 1 aromatic rings. The quantitative estimate of drug-likeness (QED) is 0.854. The van der Waals surface area contributed by atoms with Crippen molar-refractivity contribution in [3.63, 3.8) is 0 Å². The van der Waals surface area contributed by atoms with Crippen molar-refractivity contribution >= 4 is 33.4 Å². The molecule has 0 atom stereocenters. The molecule has 0 saturated carbocycles. The molecule has 0 aliphatic heterocycles. The minimum atomic E-state index is -0.0804. The van der Waals surface area contributed by atoms with E-state index in [-0.39, 0.29) is 11.8 Å². The number of nitrogens with one attached hydrogen (secondary N) is 1. The topological polar surface area (TPSA) is 54.9 Å². The maximum absolute atomic E-state index is 11.6. The van der Waals surface area contributed by atoms with Crippen LogP contribution in [0.15, 0.2) is 0 Å². The van der Waals surface area contributed by atoms with E-state index in [2.05, 4.69) is 30.8 Å². The van der Waals surface area contributed by atoms with Crippen molar-refractivity contribution in [1.82, 2.24) is 14.9 Å². The summed E-state index contributed by atoms with van der Waals surface area (Å²) in [5.74, 6) is 0.154. The van der Waals surface area contributed by atoms with Gasteiger partial charge in [-0.05, 0) is 17.5 Å². The van der Waals surface area contributed by atoms with Gasteiger partial charge in [0.2, 0.25) is 0 Å². The summed E-state index contributed by atoms with van der Waals surface area (Å²) in [4.78, 5) is 12.2. The summed E-state index contributed by atoms with van der Waals surface area (Å²) in [6.07, 6.45) is 0. The summed E-state index contributed by atoms with van der Waals surface area (Å²) in [7, 11) is 0. The molecule has 0 unspecified atom stereocenters. The number of alkyl halides is 1. The third kappa shape index (κ3) is 2.75. The van der Waals surface area contributed by atoms with Gasteiger partial charge in [-0.1, -0.05) is 34.3 Å². The highest BCUT2D eigenvalue weighted by Gasteiger charge is 2.17. The first-order valence-electron chi connectivity index (χ1n) is 4.33. The van der Waals surface area contributed by atoms with Crippen molar-refractivity contribution in [2.24, 2.45) is 0 Å². The number of halogens is 1. The Bertz CT molecular complexity index is 313. The van der Waals surface area contributed by atoms with Crippen molar-refractivity contribution in [1.29, 1.82) is 0 Å². The van der Waals surface area contributed by atoms with Crippen LogP contribution in [0.25, 0.3) is 0 Å². The highest BCUT2D eigenvalue weighted by Crippen LogP contribution is 2.19. The third-order valence-corrected chi connectivity index (χ3v) is 2.78. The Morgan fingerprint density at radius 2 is 2.36 bits per heavy atom. The molecule has 1 rings (SSSR count). The van der Waals surface area contributed by atoms with E-state index in [1.165, 1.54) is 0 Å². The molecule has 14 heavy (non-hydrogen) atoms. The number of amides is 1. The van der Waals surface area contributed by atoms with Crippen LogP contribution in [0.1, 0.15) is 35.1 Å². The molecule has 4 nitrogen and oxygen atoms in total. The fourth-order valence-corrected chi connectivity index (χ4v) is 1.91. The van der Waals surface area contributed by atoms with Crippen LogP contribution < -0.4 is 5.32 Å². The molecule has 6 heteroatoms. The maximum Gasteiger partial charge on any atom is 0.264 e. The molecule has 0 bridgehead atoms. The summed E-state index contributed by atoms with van der Waals surface area (Å²) < 4.78 is 3.79. The van der Waals surface area contributed by atoms with Crippen LogP contribution in [-0.2, 0) is 0 Å². The lowest BCUT2D eigenvalue weighted by Gasteiger charge is -2.03. The Morgan fingerprint density at radius 3 is 2.93 bits per heavy atom. The van der Waals surface area contributed by atoms with Gasteiger partial charge in [-0.15, -0.1) is 5.10 Å². The number of aromatic nitrogens is 2. The second-order valence-electron chi connectivity index (χ2n) is 3.09. The zero-order valence-electron chi connectivity index (χ0n) is 8.08. The average molecular weight is 278 g/mol. The molecule has 1 heterocycles. The normalized spacial score (nSPS) is 10.6. The van der Waals surface area contributed by atoms with Gasteiger partial charge in [-0.2, -0.15) is 0 Å². The smallest absolute Gasteiger partial charge is 0.264 e. The first-order chi connectivity index (χ1) is 6.66. The van der Waals surface area contributed by atoms with Crippen LogP contribution in [-0.4, -0.2) is 27.4 Å². The Labute approximate surface area is 95.4 Å². The van der Waals surface area contributed by atoms with Crippen LogP contribution in [0.5, 0.6) is 0 Å². The van der Waals surface area contributed by atoms with Gasteiger partial charge in [0.1, 0.15) is 4.88 Å². The van der Waals surface area contributed by atoms with E-state index < -0.39 is 0 Å². The van der Waals surface area contributed by atoms with Gasteiger partial charge in [0.25, 0.3) is 5.91 Å². The Balaban J connectivity index is 2.74. The number of carbonyl (C=O) groups is 1. The van der Waals surface area contributed by atoms with E-state index in [1.807, 2.05) is 13.8 Å². The molecule has 0 aliphatic carbocycles. The van der Waals surface area contributed by atoms with Gasteiger partial charge in [0.05, 0.1) is 5.69 Å². The minimum Gasteiger partial charge on any atom is -0.350 e. The largest absolute Gasteiger partial charge is 0.350 e. The summed E-state index contributed by atoms with van der Waals surface area (Å²) in [5.41, 5.74) is 0.780. The van der Waals surface area contributed by atoms with Crippen LogP contribution in [0.2, 0.25) is 0 Å². The monoisotopic (exact) mass is 277 g/mol. The van der Waals surface area contributed by atoms with E-state index in [9.17, 15) is 4.79 Å². The second kappa shape index (κ2) is 5.41. The van der Waals surface area contributed by atoms with E-state index >= 15 is 0 Å². The van der Waals surface area contributed by atoms with Crippen LogP contribution in [0, 0.1) is 0 Å². The van der Waals surface area contributed by atoms with Crippen molar-refractivity contribution in [2.75, 3.05) is 11.9 Å². The molecule has 0 fully saturated rings. The van der Waals surface area contributed by atoms with Gasteiger partial charge in [-0.3, -0.25) is 4.79 Å². The zero-order chi connectivity index (χ0) is 10.6. The number of carbonyl (C=O) groups excluding carboxylic acids is 1. The van der Waals surface area contributed by atoms with Gasteiger partial charge >= 0.3 is 0 Å². The predicted molar refractivity (Wildman–Crippen MR) is 60.1 cm³/mol. The summed E-state index contributed by atoms with van der Waals surface area (Å²) in [5, 5.41) is 7.47. The predicted octanol–water partition coefficient (Wildman–Crippen LogP) is 1.79. The van der Waals surface area contributed by atoms with E-state index in [0.717, 1.165) is 22.6 Å². The molecular formula is C8H12BrN3OS. The lowest BCUT2D eigenvalue weighted by Crippen LogP contribution is -2.25. The molecule has 1 amide bonds.